The number of pyridine rings is 1. The molecular formula is C10H13NO. The van der Waals surface area contributed by atoms with E-state index in [-0.39, 0.29) is 0 Å². The Balaban J connectivity index is 2.08. The van der Waals surface area contributed by atoms with Gasteiger partial charge in [0.2, 0.25) is 5.88 Å². The van der Waals surface area contributed by atoms with E-state index in [2.05, 4.69) is 11.1 Å². The molecule has 0 atom stereocenters. The summed E-state index contributed by atoms with van der Waals surface area (Å²) in [6.45, 7) is 2.66. The first kappa shape index (κ1) is 7.59. The standard InChI is InChI=1S/C10H13NO/c1-2-12-10-6-5-9(7-11-10)8-3-4-8/h5-8H,2-4H2,1H3. The molecule has 1 aromatic heterocycles. The summed E-state index contributed by atoms with van der Waals surface area (Å²) >= 11 is 0. The highest BCUT2D eigenvalue weighted by molar-refractivity contribution is 5.24. The minimum Gasteiger partial charge on any atom is -0.478 e. The van der Waals surface area contributed by atoms with Crippen molar-refractivity contribution in [2.45, 2.75) is 25.7 Å². The molecule has 64 valence electrons. The van der Waals surface area contributed by atoms with Gasteiger partial charge in [-0.3, -0.25) is 0 Å². The second-order valence-electron chi connectivity index (χ2n) is 3.14. The zero-order chi connectivity index (χ0) is 8.39. The summed E-state index contributed by atoms with van der Waals surface area (Å²) < 4.78 is 5.25. The van der Waals surface area contributed by atoms with Gasteiger partial charge in [-0.25, -0.2) is 4.98 Å². The van der Waals surface area contributed by atoms with Gasteiger partial charge >= 0.3 is 0 Å². The van der Waals surface area contributed by atoms with Crippen LogP contribution in [0.5, 0.6) is 5.88 Å². The van der Waals surface area contributed by atoms with E-state index in [4.69, 9.17) is 4.74 Å². The molecule has 0 spiro atoms. The van der Waals surface area contributed by atoms with Crippen LogP contribution in [-0.2, 0) is 0 Å². The Morgan fingerprint density at radius 1 is 1.50 bits per heavy atom. The van der Waals surface area contributed by atoms with E-state index < -0.39 is 0 Å². The topological polar surface area (TPSA) is 22.1 Å². The Kier molecular flexibility index (Phi) is 1.98. The normalized spacial score (nSPS) is 16.1. The van der Waals surface area contributed by atoms with Crippen molar-refractivity contribution in [3.8, 4) is 5.88 Å². The summed E-state index contributed by atoms with van der Waals surface area (Å²) in [5.41, 5.74) is 1.36. The summed E-state index contributed by atoms with van der Waals surface area (Å²) in [5.74, 6) is 1.52. The van der Waals surface area contributed by atoms with E-state index in [0.29, 0.717) is 6.61 Å². The van der Waals surface area contributed by atoms with Gasteiger partial charge in [-0.05, 0) is 31.2 Å². The number of ether oxygens (including phenoxy) is 1. The summed E-state index contributed by atoms with van der Waals surface area (Å²) in [6, 6.07) is 4.08. The van der Waals surface area contributed by atoms with Crippen LogP contribution in [0.4, 0.5) is 0 Å². The average Bonchev–Trinajstić information content (AvgIpc) is 2.89. The number of hydrogen-bond donors (Lipinski definition) is 0. The van der Waals surface area contributed by atoms with Gasteiger partial charge in [-0.15, -0.1) is 0 Å². The number of rotatable bonds is 3. The third kappa shape index (κ3) is 1.58. The molecular weight excluding hydrogens is 150 g/mol. The lowest BCUT2D eigenvalue weighted by Crippen LogP contribution is -1.94. The van der Waals surface area contributed by atoms with Crippen molar-refractivity contribution in [1.29, 1.82) is 0 Å². The van der Waals surface area contributed by atoms with Crippen LogP contribution in [0.2, 0.25) is 0 Å². The van der Waals surface area contributed by atoms with Gasteiger partial charge in [-0.2, -0.15) is 0 Å². The van der Waals surface area contributed by atoms with Gasteiger partial charge in [0.1, 0.15) is 0 Å². The van der Waals surface area contributed by atoms with Crippen LogP contribution in [0.15, 0.2) is 18.3 Å². The summed E-state index contributed by atoms with van der Waals surface area (Å²) in [5, 5.41) is 0. The van der Waals surface area contributed by atoms with Crippen LogP contribution >= 0.6 is 0 Å². The van der Waals surface area contributed by atoms with Crippen molar-refractivity contribution in [2.24, 2.45) is 0 Å². The number of hydrogen-bond acceptors (Lipinski definition) is 2. The predicted molar refractivity (Wildman–Crippen MR) is 47.4 cm³/mol. The molecule has 1 aromatic rings. The molecule has 0 aromatic carbocycles. The summed E-state index contributed by atoms with van der Waals surface area (Å²) in [6.07, 6.45) is 4.59. The Morgan fingerprint density at radius 2 is 2.33 bits per heavy atom. The van der Waals surface area contributed by atoms with Gasteiger partial charge in [0, 0.05) is 12.3 Å². The molecule has 2 nitrogen and oxygen atoms in total. The van der Waals surface area contributed by atoms with Crippen LogP contribution in [0.3, 0.4) is 0 Å². The molecule has 2 rings (SSSR count). The van der Waals surface area contributed by atoms with E-state index in [1.54, 1.807) is 0 Å². The molecule has 0 bridgehead atoms. The number of aromatic nitrogens is 1. The first-order valence-corrected chi connectivity index (χ1v) is 4.49. The van der Waals surface area contributed by atoms with Crippen molar-refractivity contribution >= 4 is 0 Å². The Labute approximate surface area is 72.6 Å². The van der Waals surface area contributed by atoms with E-state index >= 15 is 0 Å². The molecule has 2 heteroatoms. The third-order valence-electron chi connectivity index (χ3n) is 2.10. The Bertz CT molecular complexity index is 251. The van der Waals surface area contributed by atoms with Crippen LogP contribution in [0, 0.1) is 0 Å². The molecule has 1 aliphatic carbocycles. The molecule has 1 aliphatic rings. The van der Waals surface area contributed by atoms with E-state index in [0.717, 1.165) is 11.8 Å². The van der Waals surface area contributed by atoms with Gasteiger partial charge in [-0.1, -0.05) is 6.07 Å². The maximum Gasteiger partial charge on any atom is 0.213 e. The fourth-order valence-corrected chi connectivity index (χ4v) is 1.28. The van der Waals surface area contributed by atoms with Gasteiger partial charge < -0.3 is 4.74 Å². The SMILES string of the molecule is CCOc1ccc(C2CC2)cn1. The largest absolute Gasteiger partial charge is 0.478 e. The highest BCUT2D eigenvalue weighted by Crippen LogP contribution is 2.39. The number of nitrogens with zero attached hydrogens (tertiary/aromatic N) is 1. The lowest BCUT2D eigenvalue weighted by molar-refractivity contribution is 0.326. The lowest BCUT2D eigenvalue weighted by atomic mass is 10.2. The molecule has 1 fully saturated rings. The molecule has 0 radical (unpaired) electrons. The average molecular weight is 163 g/mol. The van der Waals surface area contributed by atoms with Gasteiger partial charge in [0.25, 0.3) is 0 Å². The molecule has 0 N–H and O–H groups in total. The van der Waals surface area contributed by atoms with Crippen molar-refractivity contribution in [3.05, 3.63) is 23.9 Å². The zero-order valence-corrected chi connectivity index (χ0v) is 7.29. The van der Waals surface area contributed by atoms with Crippen molar-refractivity contribution in [2.75, 3.05) is 6.61 Å². The molecule has 0 unspecified atom stereocenters. The molecule has 0 amide bonds. The van der Waals surface area contributed by atoms with Crippen LogP contribution in [0.25, 0.3) is 0 Å². The van der Waals surface area contributed by atoms with Crippen molar-refractivity contribution in [1.82, 2.24) is 4.98 Å². The maximum absolute atomic E-state index is 5.25. The molecule has 0 saturated heterocycles. The second-order valence-corrected chi connectivity index (χ2v) is 3.14. The fraction of sp³-hybridized carbons (Fsp3) is 0.500. The predicted octanol–water partition coefficient (Wildman–Crippen LogP) is 2.36. The minimum atomic E-state index is 0.690. The minimum absolute atomic E-state index is 0.690. The van der Waals surface area contributed by atoms with E-state index in [1.165, 1.54) is 18.4 Å². The van der Waals surface area contributed by atoms with Crippen LogP contribution in [0.1, 0.15) is 31.2 Å². The van der Waals surface area contributed by atoms with Crippen LogP contribution < -0.4 is 4.74 Å². The smallest absolute Gasteiger partial charge is 0.213 e. The summed E-state index contributed by atoms with van der Waals surface area (Å²) in [7, 11) is 0. The summed E-state index contributed by atoms with van der Waals surface area (Å²) in [4.78, 5) is 4.21. The molecule has 1 saturated carbocycles. The zero-order valence-electron chi connectivity index (χ0n) is 7.29. The monoisotopic (exact) mass is 163 g/mol. The highest BCUT2D eigenvalue weighted by Gasteiger charge is 2.23. The first-order chi connectivity index (χ1) is 5.90. The first-order valence-electron chi connectivity index (χ1n) is 4.49. The van der Waals surface area contributed by atoms with E-state index in [1.807, 2.05) is 19.2 Å². The van der Waals surface area contributed by atoms with Crippen molar-refractivity contribution < 1.29 is 4.74 Å². The molecule has 12 heavy (non-hydrogen) atoms. The van der Waals surface area contributed by atoms with E-state index in [9.17, 15) is 0 Å². The van der Waals surface area contributed by atoms with Gasteiger partial charge in [0.15, 0.2) is 0 Å². The second kappa shape index (κ2) is 3.13. The fourth-order valence-electron chi connectivity index (χ4n) is 1.28. The maximum atomic E-state index is 5.25. The molecule has 0 aliphatic heterocycles. The molecule has 1 heterocycles. The third-order valence-corrected chi connectivity index (χ3v) is 2.10. The van der Waals surface area contributed by atoms with Crippen LogP contribution in [-0.4, -0.2) is 11.6 Å². The van der Waals surface area contributed by atoms with Gasteiger partial charge in [0.05, 0.1) is 6.61 Å². The Hall–Kier alpha value is -1.05. The Morgan fingerprint density at radius 3 is 2.83 bits per heavy atom. The quantitative estimate of drug-likeness (QED) is 0.682. The highest BCUT2D eigenvalue weighted by atomic mass is 16.5. The van der Waals surface area contributed by atoms with Crippen molar-refractivity contribution in [3.63, 3.8) is 0 Å². The lowest BCUT2D eigenvalue weighted by Gasteiger charge is -2.01.